The molecule has 0 aromatic carbocycles. The lowest BCUT2D eigenvalue weighted by molar-refractivity contribution is -0.133. The van der Waals surface area contributed by atoms with Crippen LogP contribution in [0, 0.1) is 11.8 Å². The van der Waals surface area contributed by atoms with Crippen LogP contribution in [0.25, 0.3) is 0 Å². The predicted octanol–water partition coefficient (Wildman–Crippen LogP) is 2.66. The first kappa shape index (κ1) is 12.0. The molecule has 0 unspecified atom stereocenters. The molecule has 0 saturated carbocycles. The molecular weight excluding hydrogens is 242 g/mol. The monoisotopic (exact) mass is 261 g/mol. The molecular formula is C11H20BrNO. The smallest absolute Gasteiger partial charge is 0.236 e. The number of rotatable bonds is 2. The van der Waals surface area contributed by atoms with Crippen molar-refractivity contribution in [3.8, 4) is 0 Å². The van der Waals surface area contributed by atoms with Crippen LogP contribution in [-0.2, 0) is 4.79 Å². The molecule has 82 valence electrons. The molecule has 1 saturated heterocycles. The van der Waals surface area contributed by atoms with Crippen LogP contribution in [0.5, 0.6) is 0 Å². The summed E-state index contributed by atoms with van der Waals surface area (Å²) in [6.07, 6.45) is 2.13. The summed E-state index contributed by atoms with van der Waals surface area (Å²) in [4.78, 5) is 13.9. The fourth-order valence-electron chi connectivity index (χ4n) is 2.22. The van der Waals surface area contributed by atoms with Crippen molar-refractivity contribution in [1.29, 1.82) is 0 Å². The van der Waals surface area contributed by atoms with E-state index in [9.17, 15) is 4.79 Å². The highest BCUT2D eigenvalue weighted by Crippen LogP contribution is 2.22. The highest BCUT2D eigenvalue weighted by atomic mass is 79.9. The van der Waals surface area contributed by atoms with Crippen LogP contribution in [0.4, 0.5) is 0 Å². The number of hydrogen-bond acceptors (Lipinski definition) is 1. The second-order valence-corrected chi connectivity index (χ2v) is 5.67. The van der Waals surface area contributed by atoms with Crippen molar-refractivity contribution in [3.63, 3.8) is 0 Å². The minimum Gasteiger partial charge on any atom is -0.341 e. The molecule has 3 atom stereocenters. The molecule has 1 amide bonds. The molecule has 0 aromatic rings. The molecule has 2 nitrogen and oxygen atoms in total. The predicted molar refractivity (Wildman–Crippen MR) is 62.5 cm³/mol. The number of alkyl halides is 1. The molecule has 0 N–H and O–H groups in total. The second-order valence-electron chi connectivity index (χ2n) is 4.57. The molecule has 1 aliphatic rings. The van der Waals surface area contributed by atoms with Gasteiger partial charge in [-0.25, -0.2) is 0 Å². The van der Waals surface area contributed by atoms with E-state index in [1.807, 2.05) is 11.8 Å². The first-order chi connectivity index (χ1) is 6.54. The third-order valence-corrected chi connectivity index (χ3v) is 3.85. The lowest BCUT2D eigenvalue weighted by Gasteiger charge is -2.36. The van der Waals surface area contributed by atoms with Crippen molar-refractivity contribution < 1.29 is 4.79 Å². The summed E-state index contributed by atoms with van der Waals surface area (Å²) in [5, 5.41) is 0. The van der Waals surface area contributed by atoms with Gasteiger partial charge in [-0.15, -0.1) is 0 Å². The number of likely N-dealkylation sites (tertiary alicyclic amines) is 1. The minimum absolute atomic E-state index is 0.0139. The highest BCUT2D eigenvalue weighted by molar-refractivity contribution is 9.10. The van der Waals surface area contributed by atoms with Gasteiger partial charge in [0.15, 0.2) is 0 Å². The Morgan fingerprint density at radius 3 is 2.36 bits per heavy atom. The number of carbonyl (C=O) groups is 1. The van der Waals surface area contributed by atoms with E-state index in [0.717, 1.165) is 19.5 Å². The number of halogens is 1. The Morgan fingerprint density at radius 2 is 1.93 bits per heavy atom. The van der Waals surface area contributed by atoms with E-state index in [0.29, 0.717) is 11.8 Å². The van der Waals surface area contributed by atoms with Crippen molar-refractivity contribution >= 4 is 21.8 Å². The van der Waals surface area contributed by atoms with Crippen molar-refractivity contribution in [1.82, 2.24) is 4.90 Å². The van der Waals surface area contributed by atoms with Crippen molar-refractivity contribution in [3.05, 3.63) is 0 Å². The van der Waals surface area contributed by atoms with Crippen molar-refractivity contribution in [2.75, 3.05) is 13.1 Å². The Labute approximate surface area is 95.2 Å². The van der Waals surface area contributed by atoms with E-state index in [1.165, 1.54) is 6.42 Å². The summed E-state index contributed by atoms with van der Waals surface area (Å²) in [6, 6.07) is 0. The van der Waals surface area contributed by atoms with Gasteiger partial charge < -0.3 is 4.90 Å². The average molecular weight is 262 g/mol. The number of carbonyl (C=O) groups excluding carboxylic acids is 1. The SMILES string of the molecule is CC[C@@H](Br)C(=O)N1C[C@@H](C)C[C@H](C)C1. The minimum atomic E-state index is 0.0139. The fourth-order valence-corrected chi connectivity index (χ4v) is 2.51. The molecule has 1 fully saturated rings. The van der Waals surface area contributed by atoms with Gasteiger partial charge in [-0.3, -0.25) is 4.79 Å². The summed E-state index contributed by atoms with van der Waals surface area (Å²) in [5.41, 5.74) is 0. The quantitative estimate of drug-likeness (QED) is 0.700. The number of nitrogens with zero attached hydrogens (tertiary/aromatic N) is 1. The Morgan fingerprint density at radius 1 is 1.43 bits per heavy atom. The summed E-state index contributed by atoms with van der Waals surface area (Å²) in [5.74, 6) is 1.57. The maximum absolute atomic E-state index is 11.9. The summed E-state index contributed by atoms with van der Waals surface area (Å²) < 4.78 is 0. The molecule has 3 heteroatoms. The topological polar surface area (TPSA) is 20.3 Å². The van der Waals surface area contributed by atoms with Crippen LogP contribution in [0.3, 0.4) is 0 Å². The zero-order chi connectivity index (χ0) is 10.7. The van der Waals surface area contributed by atoms with Crippen molar-refractivity contribution in [2.45, 2.75) is 38.4 Å². The zero-order valence-corrected chi connectivity index (χ0v) is 10.9. The Kier molecular flexibility index (Phi) is 4.42. The number of amides is 1. The van der Waals surface area contributed by atoms with Crippen LogP contribution in [-0.4, -0.2) is 28.7 Å². The van der Waals surface area contributed by atoms with Crippen LogP contribution >= 0.6 is 15.9 Å². The van der Waals surface area contributed by atoms with Gasteiger partial charge in [-0.2, -0.15) is 0 Å². The average Bonchev–Trinajstić information content (AvgIpc) is 2.14. The molecule has 0 bridgehead atoms. The van der Waals surface area contributed by atoms with Gasteiger partial charge in [0.1, 0.15) is 0 Å². The van der Waals surface area contributed by atoms with Gasteiger partial charge >= 0.3 is 0 Å². The first-order valence-electron chi connectivity index (χ1n) is 5.47. The van der Waals surface area contributed by atoms with E-state index < -0.39 is 0 Å². The van der Waals surface area contributed by atoms with Crippen LogP contribution in [0.2, 0.25) is 0 Å². The fraction of sp³-hybridized carbons (Fsp3) is 0.909. The normalized spacial score (nSPS) is 30.1. The molecule has 1 aliphatic heterocycles. The maximum atomic E-state index is 11.9. The first-order valence-corrected chi connectivity index (χ1v) is 6.39. The van der Waals surface area contributed by atoms with Gasteiger partial charge in [-0.1, -0.05) is 36.7 Å². The molecule has 0 aromatic heterocycles. The molecule has 1 heterocycles. The third kappa shape index (κ3) is 2.97. The van der Waals surface area contributed by atoms with Gasteiger partial charge in [0, 0.05) is 13.1 Å². The van der Waals surface area contributed by atoms with E-state index in [2.05, 4.69) is 29.8 Å². The standard InChI is InChI=1S/C11H20BrNO/c1-4-10(12)11(14)13-6-8(2)5-9(3)7-13/h8-10H,4-7H2,1-3H3/t8-,9-,10+/m0/s1. The van der Waals surface area contributed by atoms with Crippen LogP contribution in [0.1, 0.15) is 33.6 Å². The Hall–Kier alpha value is -0.0500. The van der Waals surface area contributed by atoms with Crippen LogP contribution in [0.15, 0.2) is 0 Å². The zero-order valence-electron chi connectivity index (χ0n) is 9.29. The van der Waals surface area contributed by atoms with Gasteiger partial charge in [0.25, 0.3) is 0 Å². The molecule has 14 heavy (non-hydrogen) atoms. The molecule has 0 aliphatic carbocycles. The Bertz CT molecular complexity index is 197. The molecule has 1 rings (SSSR count). The lowest BCUT2D eigenvalue weighted by atomic mass is 9.91. The van der Waals surface area contributed by atoms with E-state index in [4.69, 9.17) is 0 Å². The van der Waals surface area contributed by atoms with Gasteiger partial charge in [0.2, 0.25) is 5.91 Å². The summed E-state index contributed by atoms with van der Waals surface area (Å²) in [6.45, 7) is 8.36. The number of piperidine rings is 1. The largest absolute Gasteiger partial charge is 0.341 e. The lowest BCUT2D eigenvalue weighted by Crippen LogP contribution is -2.45. The van der Waals surface area contributed by atoms with Gasteiger partial charge in [-0.05, 0) is 24.7 Å². The molecule has 0 radical (unpaired) electrons. The van der Waals surface area contributed by atoms with E-state index in [-0.39, 0.29) is 10.7 Å². The van der Waals surface area contributed by atoms with Gasteiger partial charge in [0.05, 0.1) is 4.83 Å². The third-order valence-electron chi connectivity index (χ3n) is 2.81. The highest BCUT2D eigenvalue weighted by Gasteiger charge is 2.27. The Balaban J connectivity index is 2.54. The maximum Gasteiger partial charge on any atom is 0.236 e. The van der Waals surface area contributed by atoms with Crippen LogP contribution < -0.4 is 0 Å². The number of hydrogen-bond donors (Lipinski definition) is 0. The summed E-state index contributed by atoms with van der Waals surface area (Å²) >= 11 is 3.43. The van der Waals surface area contributed by atoms with E-state index >= 15 is 0 Å². The summed E-state index contributed by atoms with van der Waals surface area (Å²) in [7, 11) is 0. The van der Waals surface area contributed by atoms with E-state index in [1.54, 1.807) is 0 Å². The molecule has 0 spiro atoms. The van der Waals surface area contributed by atoms with Crippen molar-refractivity contribution in [2.24, 2.45) is 11.8 Å². The second kappa shape index (κ2) is 5.15.